The molecule has 0 fully saturated rings. The first kappa shape index (κ1) is 24.0. The van der Waals surface area contributed by atoms with Crippen molar-refractivity contribution in [1.82, 2.24) is 5.32 Å². The standard InChI is InChI=1S/C22H19ClF2N2O6/c23-15-8-13(9-18-22(15)32-7-1-6-31-18)2-5-21(30)33-12-20(29)26-11-19(28)27-14-3-4-16(24)17(25)10-14/h2-5,8-10H,1,6-7,11-12H2,(H,26,29)(H,27,28)/b5-2+. The number of fused-ring (bicyclic) bond motifs is 1. The molecule has 0 spiro atoms. The molecule has 0 aliphatic carbocycles. The van der Waals surface area contributed by atoms with Crippen molar-refractivity contribution in [2.75, 3.05) is 31.7 Å². The van der Waals surface area contributed by atoms with E-state index in [2.05, 4.69) is 10.6 Å². The number of ether oxygens (including phenoxy) is 3. The Morgan fingerprint density at radius 3 is 2.64 bits per heavy atom. The van der Waals surface area contributed by atoms with Gasteiger partial charge in [0.2, 0.25) is 5.91 Å². The highest BCUT2D eigenvalue weighted by molar-refractivity contribution is 6.32. The highest BCUT2D eigenvalue weighted by Crippen LogP contribution is 2.38. The number of benzene rings is 2. The van der Waals surface area contributed by atoms with Gasteiger partial charge < -0.3 is 24.8 Å². The van der Waals surface area contributed by atoms with E-state index in [1.54, 1.807) is 12.1 Å². The van der Waals surface area contributed by atoms with Crippen LogP contribution in [0.25, 0.3) is 6.08 Å². The number of amides is 2. The van der Waals surface area contributed by atoms with E-state index in [-0.39, 0.29) is 5.69 Å². The topological polar surface area (TPSA) is 103 Å². The third kappa shape index (κ3) is 7.18. The first-order valence-electron chi connectivity index (χ1n) is 9.77. The van der Waals surface area contributed by atoms with Crippen LogP contribution in [0.2, 0.25) is 5.02 Å². The minimum absolute atomic E-state index is 0.0274. The van der Waals surface area contributed by atoms with Crippen LogP contribution < -0.4 is 20.1 Å². The summed E-state index contributed by atoms with van der Waals surface area (Å²) in [7, 11) is 0. The Morgan fingerprint density at radius 2 is 1.85 bits per heavy atom. The second-order valence-corrected chi connectivity index (χ2v) is 7.18. The van der Waals surface area contributed by atoms with Crippen molar-refractivity contribution >= 4 is 41.1 Å². The molecule has 0 aromatic heterocycles. The summed E-state index contributed by atoms with van der Waals surface area (Å²) in [5, 5.41) is 4.86. The summed E-state index contributed by atoms with van der Waals surface area (Å²) in [6, 6.07) is 6.09. The van der Waals surface area contributed by atoms with Crippen molar-refractivity contribution in [3.63, 3.8) is 0 Å². The Bertz CT molecular complexity index is 1090. The molecule has 0 atom stereocenters. The molecule has 11 heteroatoms. The summed E-state index contributed by atoms with van der Waals surface area (Å²) in [6.07, 6.45) is 3.27. The van der Waals surface area contributed by atoms with E-state index in [4.69, 9.17) is 25.8 Å². The Hall–Kier alpha value is -3.66. The molecule has 33 heavy (non-hydrogen) atoms. The largest absolute Gasteiger partial charge is 0.489 e. The zero-order valence-corrected chi connectivity index (χ0v) is 17.9. The predicted molar refractivity (Wildman–Crippen MR) is 115 cm³/mol. The summed E-state index contributed by atoms with van der Waals surface area (Å²) in [5.74, 6) is -3.45. The smallest absolute Gasteiger partial charge is 0.331 e. The van der Waals surface area contributed by atoms with Crippen molar-refractivity contribution in [3.05, 3.63) is 58.6 Å². The van der Waals surface area contributed by atoms with Gasteiger partial charge in [-0.1, -0.05) is 11.6 Å². The first-order chi connectivity index (χ1) is 15.8. The number of rotatable bonds is 7. The number of carbonyl (C=O) groups is 3. The van der Waals surface area contributed by atoms with E-state index < -0.39 is 42.6 Å². The van der Waals surface area contributed by atoms with Crippen LogP contribution in [-0.2, 0) is 19.1 Å². The predicted octanol–water partition coefficient (Wildman–Crippen LogP) is 3.09. The number of hydrogen-bond donors (Lipinski definition) is 2. The second kappa shape index (κ2) is 11.3. The summed E-state index contributed by atoms with van der Waals surface area (Å²) in [6.45, 7) is -0.111. The summed E-state index contributed by atoms with van der Waals surface area (Å²) in [5.41, 5.74) is 0.596. The van der Waals surface area contributed by atoms with Crippen LogP contribution in [0.5, 0.6) is 11.5 Å². The molecule has 8 nitrogen and oxygen atoms in total. The molecule has 1 heterocycles. The van der Waals surface area contributed by atoms with E-state index in [1.807, 2.05) is 0 Å². The van der Waals surface area contributed by atoms with E-state index in [9.17, 15) is 23.2 Å². The molecule has 1 aliphatic heterocycles. The summed E-state index contributed by atoms with van der Waals surface area (Å²) < 4.78 is 41.9. The molecule has 3 rings (SSSR count). The maximum atomic E-state index is 13.1. The van der Waals surface area contributed by atoms with Gasteiger partial charge in [0.25, 0.3) is 5.91 Å². The lowest BCUT2D eigenvalue weighted by Crippen LogP contribution is -2.35. The second-order valence-electron chi connectivity index (χ2n) is 6.78. The van der Waals surface area contributed by atoms with Crippen LogP contribution >= 0.6 is 11.6 Å². The molecule has 2 amide bonds. The SMILES string of the molecule is O=C(COC(=O)/C=C/c1cc(Cl)c2c(c1)OCCCO2)NCC(=O)Nc1ccc(F)c(F)c1. The number of nitrogens with one attached hydrogen (secondary N) is 2. The Balaban J connectivity index is 1.43. The van der Waals surface area contributed by atoms with Crippen LogP contribution in [0.1, 0.15) is 12.0 Å². The zero-order valence-electron chi connectivity index (χ0n) is 17.2. The van der Waals surface area contributed by atoms with E-state index in [0.717, 1.165) is 24.6 Å². The van der Waals surface area contributed by atoms with Gasteiger partial charge in [-0.25, -0.2) is 13.6 Å². The monoisotopic (exact) mass is 480 g/mol. The fourth-order valence-electron chi connectivity index (χ4n) is 2.70. The summed E-state index contributed by atoms with van der Waals surface area (Å²) >= 11 is 6.19. The van der Waals surface area contributed by atoms with Crippen molar-refractivity contribution in [2.45, 2.75) is 6.42 Å². The molecule has 0 unspecified atom stereocenters. The van der Waals surface area contributed by atoms with Crippen molar-refractivity contribution in [3.8, 4) is 11.5 Å². The van der Waals surface area contributed by atoms with E-state index in [1.165, 1.54) is 12.1 Å². The van der Waals surface area contributed by atoms with Crippen LogP contribution in [0.4, 0.5) is 14.5 Å². The molecule has 0 bridgehead atoms. The molecular formula is C22H19ClF2N2O6. The van der Waals surface area contributed by atoms with Crippen LogP contribution in [0, 0.1) is 11.6 Å². The average molecular weight is 481 g/mol. The minimum Gasteiger partial charge on any atom is -0.489 e. The molecule has 1 aliphatic rings. The van der Waals surface area contributed by atoms with Crippen LogP contribution in [-0.4, -0.2) is 44.1 Å². The fourth-order valence-corrected chi connectivity index (χ4v) is 2.98. The fraction of sp³-hybridized carbons (Fsp3) is 0.227. The molecule has 2 aromatic carbocycles. The van der Waals surface area contributed by atoms with Crippen molar-refractivity contribution in [1.29, 1.82) is 0 Å². The van der Waals surface area contributed by atoms with Crippen molar-refractivity contribution < 1.29 is 37.4 Å². The number of halogens is 3. The van der Waals surface area contributed by atoms with E-state index in [0.29, 0.717) is 35.3 Å². The normalized spacial score (nSPS) is 12.7. The van der Waals surface area contributed by atoms with E-state index >= 15 is 0 Å². The van der Waals surface area contributed by atoms with Gasteiger partial charge in [0.15, 0.2) is 29.7 Å². The molecule has 0 saturated carbocycles. The number of carbonyl (C=O) groups excluding carboxylic acids is 3. The maximum absolute atomic E-state index is 13.1. The van der Waals surface area contributed by atoms with Crippen LogP contribution in [0.3, 0.4) is 0 Å². The Morgan fingerprint density at radius 1 is 1.06 bits per heavy atom. The number of anilines is 1. The van der Waals surface area contributed by atoms with Gasteiger partial charge in [0.1, 0.15) is 0 Å². The maximum Gasteiger partial charge on any atom is 0.331 e. The van der Waals surface area contributed by atoms with Crippen molar-refractivity contribution in [2.24, 2.45) is 0 Å². The van der Waals surface area contributed by atoms with Gasteiger partial charge in [-0.05, 0) is 35.9 Å². The minimum atomic E-state index is -1.12. The highest BCUT2D eigenvalue weighted by atomic mass is 35.5. The lowest BCUT2D eigenvalue weighted by atomic mass is 10.2. The average Bonchev–Trinajstić information content (AvgIpc) is 3.03. The molecule has 2 N–H and O–H groups in total. The molecule has 174 valence electrons. The zero-order chi connectivity index (χ0) is 23.8. The van der Waals surface area contributed by atoms with Crippen LogP contribution in [0.15, 0.2) is 36.4 Å². The third-order valence-corrected chi connectivity index (χ3v) is 4.51. The Kier molecular flexibility index (Phi) is 8.20. The third-order valence-electron chi connectivity index (χ3n) is 4.23. The van der Waals surface area contributed by atoms with Gasteiger partial charge in [0.05, 0.1) is 24.8 Å². The summed E-state index contributed by atoms with van der Waals surface area (Å²) in [4.78, 5) is 35.4. The number of hydrogen-bond acceptors (Lipinski definition) is 6. The number of esters is 1. The van der Waals surface area contributed by atoms with Gasteiger partial charge in [-0.2, -0.15) is 0 Å². The Labute approximate surface area is 192 Å². The molecule has 0 radical (unpaired) electrons. The lowest BCUT2D eigenvalue weighted by Gasteiger charge is -2.10. The van der Waals surface area contributed by atoms with Gasteiger partial charge in [-0.3, -0.25) is 9.59 Å². The quantitative estimate of drug-likeness (QED) is 0.466. The van der Waals surface area contributed by atoms with Gasteiger partial charge in [0, 0.05) is 24.3 Å². The highest BCUT2D eigenvalue weighted by Gasteiger charge is 2.15. The molecule has 0 saturated heterocycles. The van der Waals surface area contributed by atoms with Gasteiger partial charge >= 0.3 is 5.97 Å². The molecule has 2 aromatic rings. The lowest BCUT2D eigenvalue weighted by molar-refractivity contribution is -0.143. The first-order valence-corrected chi connectivity index (χ1v) is 10.1. The molecular weight excluding hydrogens is 462 g/mol. The van der Waals surface area contributed by atoms with Gasteiger partial charge in [-0.15, -0.1) is 0 Å².